The van der Waals surface area contributed by atoms with Crippen molar-refractivity contribution in [1.82, 2.24) is 9.21 Å². The first-order valence-corrected chi connectivity index (χ1v) is 10.8. The van der Waals surface area contributed by atoms with E-state index in [1.54, 1.807) is 49.5 Å². The monoisotopic (exact) mass is 420 g/mol. The number of amides is 1. The number of nitrogens with zero attached hydrogens (tertiary/aromatic N) is 2. The minimum atomic E-state index is -3.56. The van der Waals surface area contributed by atoms with E-state index in [0.29, 0.717) is 25.1 Å². The summed E-state index contributed by atoms with van der Waals surface area (Å²) in [5, 5.41) is 0. The molecule has 0 spiro atoms. The molecule has 2 aromatic rings. The van der Waals surface area contributed by atoms with Gasteiger partial charge in [0, 0.05) is 20.1 Å². The highest BCUT2D eigenvalue weighted by atomic mass is 32.2. The average Bonchev–Trinajstić information content (AvgIpc) is 3.25. The average molecular weight is 420 g/mol. The molecule has 0 radical (unpaired) electrons. The number of ether oxygens (including phenoxy) is 1. The van der Waals surface area contributed by atoms with Crippen molar-refractivity contribution in [2.75, 3.05) is 26.7 Å². The summed E-state index contributed by atoms with van der Waals surface area (Å²) in [6.45, 7) is 0.421. The Morgan fingerprint density at radius 1 is 1.14 bits per heavy atom. The van der Waals surface area contributed by atoms with Gasteiger partial charge in [0.05, 0.1) is 23.6 Å². The van der Waals surface area contributed by atoms with Crippen molar-refractivity contribution in [3.8, 4) is 0 Å². The zero-order chi connectivity index (χ0) is 20.9. The molecule has 1 aliphatic heterocycles. The third-order valence-corrected chi connectivity index (χ3v) is 6.82. The van der Waals surface area contributed by atoms with Crippen LogP contribution in [0.3, 0.4) is 0 Å². The fraction of sp³-hybridized carbons (Fsp3) is 0.400. The number of furan rings is 1. The van der Waals surface area contributed by atoms with Gasteiger partial charge in [-0.25, -0.2) is 8.42 Å². The molecule has 1 amide bonds. The summed E-state index contributed by atoms with van der Waals surface area (Å²) in [7, 11) is -1.96. The molecule has 1 fully saturated rings. The maximum atomic E-state index is 12.6. The molecule has 0 aliphatic carbocycles. The first-order valence-electron chi connectivity index (χ1n) is 9.36. The SMILES string of the molecule is CN(Cc1ccco1)C(=O)COC(=O)C1CCN(S(=O)(=O)c2ccccc2)CC1. The molecule has 9 heteroatoms. The van der Waals surface area contributed by atoms with Crippen LogP contribution in [-0.4, -0.2) is 56.2 Å². The Morgan fingerprint density at radius 3 is 2.45 bits per heavy atom. The van der Waals surface area contributed by atoms with E-state index in [-0.39, 0.29) is 30.5 Å². The minimum absolute atomic E-state index is 0.239. The van der Waals surface area contributed by atoms with Gasteiger partial charge in [-0.05, 0) is 37.1 Å². The second-order valence-corrected chi connectivity index (χ2v) is 8.87. The quantitative estimate of drug-likeness (QED) is 0.635. The lowest BCUT2D eigenvalue weighted by atomic mass is 9.98. The Morgan fingerprint density at radius 2 is 1.83 bits per heavy atom. The second-order valence-electron chi connectivity index (χ2n) is 6.93. The summed E-state index contributed by atoms with van der Waals surface area (Å²) in [6.07, 6.45) is 2.25. The fourth-order valence-electron chi connectivity index (χ4n) is 3.16. The maximum absolute atomic E-state index is 12.6. The van der Waals surface area contributed by atoms with E-state index in [4.69, 9.17) is 9.15 Å². The van der Waals surface area contributed by atoms with Crippen LogP contribution < -0.4 is 0 Å². The molecule has 0 saturated carbocycles. The normalized spacial score (nSPS) is 15.8. The van der Waals surface area contributed by atoms with Crippen molar-refractivity contribution >= 4 is 21.9 Å². The number of hydrogen-bond donors (Lipinski definition) is 0. The summed E-state index contributed by atoms with van der Waals surface area (Å²) < 4.78 is 37.0. The van der Waals surface area contributed by atoms with E-state index >= 15 is 0 Å². The number of carbonyl (C=O) groups is 2. The van der Waals surface area contributed by atoms with E-state index in [0.717, 1.165) is 0 Å². The molecule has 8 nitrogen and oxygen atoms in total. The summed E-state index contributed by atoms with van der Waals surface area (Å²) in [6, 6.07) is 11.7. The first-order chi connectivity index (χ1) is 13.9. The number of hydrogen-bond acceptors (Lipinski definition) is 6. The predicted octanol–water partition coefficient (Wildman–Crippen LogP) is 1.88. The van der Waals surface area contributed by atoms with Crippen LogP contribution in [0.25, 0.3) is 0 Å². The van der Waals surface area contributed by atoms with Gasteiger partial charge in [0.15, 0.2) is 6.61 Å². The van der Waals surface area contributed by atoms with Gasteiger partial charge in [-0.2, -0.15) is 4.31 Å². The van der Waals surface area contributed by atoms with Crippen molar-refractivity contribution in [2.24, 2.45) is 5.92 Å². The number of sulfonamides is 1. The van der Waals surface area contributed by atoms with Gasteiger partial charge in [0.2, 0.25) is 10.0 Å². The molecule has 0 bridgehead atoms. The molecule has 1 aliphatic rings. The number of piperidine rings is 1. The molecule has 2 heterocycles. The van der Waals surface area contributed by atoms with Crippen molar-refractivity contribution in [1.29, 1.82) is 0 Å². The zero-order valence-corrected chi connectivity index (χ0v) is 17.0. The van der Waals surface area contributed by atoms with Gasteiger partial charge < -0.3 is 14.1 Å². The summed E-state index contributed by atoms with van der Waals surface area (Å²) in [5.74, 6) is -0.583. The van der Waals surface area contributed by atoms with Crippen LogP contribution in [0.1, 0.15) is 18.6 Å². The van der Waals surface area contributed by atoms with Gasteiger partial charge in [0.25, 0.3) is 5.91 Å². The molecule has 1 aromatic heterocycles. The van der Waals surface area contributed by atoms with Crippen LogP contribution in [0.4, 0.5) is 0 Å². The minimum Gasteiger partial charge on any atom is -0.467 e. The number of likely N-dealkylation sites (N-methyl/N-ethyl adjacent to an activating group) is 1. The highest BCUT2D eigenvalue weighted by molar-refractivity contribution is 7.89. The van der Waals surface area contributed by atoms with Crippen molar-refractivity contribution < 1.29 is 27.2 Å². The van der Waals surface area contributed by atoms with Crippen LogP contribution in [0.2, 0.25) is 0 Å². The lowest BCUT2D eigenvalue weighted by Gasteiger charge is -2.30. The van der Waals surface area contributed by atoms with E-state index in [9.17, 15) is 18.0 Å². The Hall–Kier alpha value is -2.65. The Labute approximate surface area is 170 Å². The molecule has 1 saturated heterocycles. The molecular formula is C20H24N2O6S. The molecule has 0 atom stereocenters. The van der Waals surface area contributed by atoms with E-state index in [1.165, 1.54) is 15.5 Å². The smallest absolute Gasteiger partial charge is 0.309 e. The molecule has 156 valence electrons. The Balaban J connectivity index is 1.46. The van der Waals surface area contributed by atoms with Gasteiger partial charge in [-0.1, -0.05) is 18.2 Å². The number of carbonyl (C=O) groups excluding carboxylic acids is 2. The van der Waals surface area contributed by atoms with Crippen LogP contribution in [-0.2, 0) is 30.9 Å². The third kappa shape index (κ3) is 5.24. The molecule has 1 aromatic carbocycles. The summed E-state index contributed by atoms with van der Waals surface area (Å²) >= 11 is 0. The van der Waals surface area contributed by atoms with E-state index in [2.05, 4.69) is 0 Å². The van der Waals surface area contributed by atoms with Gasteiger partial charge >= 0.3 is 5.97 Å². The van der Waals surface area contributed by atoms with Gasteiger partial charge in [-0.3, -0.25) is 9.59 Å². The summed E-state index contributed by atoms with van der Waals surface area (Å²) in [4.78, 5) is 26.1. The highest BCUT2D eigenvalue weighted by Crippen LogP contribution is 2.24. The highest BCUT2D eigenvalue weighted by Gasteiger charge is 2.33. The van der Waals surface area contributed by atoms with Gasteiger partial charge in [-0.15, -0.1) is 0 Å². The lowest BCUT2D eigenvalue weighted by molar-refractivity contribution is -0.156. The van der Waals surface area contributed by atoms with Crippen LogP contribution in [0, 0.1) is 5.92 Å². The number of rotatable bonds is 7. The second kappa shape index (κ2) is 9.23. The molecule has 0 unspecified atom stereocenters. The van der Waals surface area contributed by atoms with Crippen LogP contribution in [0.5, 0.6) is 0 Å². The number of esters is 1. The molecular weight excluding hydrogens is 396 g/mol. The van der Waals surface area contributed by atoms with Gasteiger partial charge in [0.1, 0.15) is 5.76 Å². The fourth-order valence-corrected chi connectivity index (χ4v) is 4.65. The topological polar surface area (TPSA) is 97.1 Å². The largest absolute Gasteiger partial charge is 0.467 e. The van der Waals surface area contributed by atoms with Crippen molar-refractivity contribution in [2.45, 2.75) is 24.3 Å². The first kappa shape index (κ1) is 21.1. The third-order valence-electron chi connectivity index (χ3n) is 4.91. The maximum Gasteiger partial charge on any atom is 0.309 e. The van der Waals surface area contributed by atoms with E-state index < -0.39 is 21.9 Å². The zero-order valence-electron chi connectivity index (χ0n) is 16.2. The van der Waals surface area contributed by atoms with Crippen LogP contribution in [0.15, 0.2) is 58.0 Å². The summed E-state index contributed by atoms with van der Waals surface area (Å²) in [5.41, 5.74) is 0. The standard InChI is InChI=1S/C20H24N2O6S/c1-21(14-17-6-5-13-27-17)19(23)15-28-20(24)16-9-11-22(12-10-16)29(25,26)18-7-3-2-4-8-18/h2-8,13,16H,9-12,14-15H2,1H3. The Kier molecular flexibility index (Phi) is 6.71. The lowest BCUT2D eigenvalue weighted by Crippen LogP contribution is -2.41. The molecule has 0 N–H and O–H groups in total. The number of benzene rings is 1. The molecule has 3 rings (SSSR count). The van der Waals surface area contributed by atoms with Crippen LogP contribution >= 0.6 is 0 Å². The predicted molar refractivity (Wildman–Crippen MR) is 104 cm³/mol. The molecule has 29 heavy (non-hydrogen) atoms. The van der Waals surface area contributed by atoms with Crippen molar-refractivity contribution in [3.63, 3.8) is 0 Å². The van der Waals surface area contributed by atoms with E-state index in [1.807, 2.05) is 0 Å². The van der Waals surface area contributed by atoms with Crippen molar-refractivity contribution in [3.05, 3.63) is 54.5 Å². The Bertz CT molecular complexity index is 919.